The number of fused-ring (bicyclic) bond motifs is 1. The second-order valence-electron chi connectivity index (χ2n) is 8.57. The summed E-state index contributed by atoms with van der Waals surface area (Å²) in [5.74, 6) is 1.03. The average molecular weight is 461 g/mol. The van der Waals surface area contributed by atoms with E-state index >= 15 is 0 Å². The summed E-state index contributed by atoms with van der Waals surface area (Å²) in [6, 6.07) is 4.58. The van der Waals surface area contributed by atoms with Gasteiger partial charge in [-0.1, -0.05) is 0 Å². The Morgan fingerprint density at radius 3 is 2.50 bits per heavy atom. The Labute approximate surface area is 194 Å². The van der Waals surface area contributed by atoms with E-state index in [2.05, 4.69) is 15.5 Å². The van der Waals surface area contributed by atoms with Crippen molar-refractivity contribution in [1.82, 2.24) is 20.4 Å². The summed E-state index contributed by atoms with van der Waals surface area (Å²) in [4.78, 5) is 30.7. The molecule has 2 N–H and O–H groups in total. The first-order valence-electron chi connectivity index (χ1n) is 11.6. The lowest BCUT2D eigenvalue weighted by Crippen LogP contribution is -2.56. The zero-order valence-electron chi connectivity index (χ0n) is 18.6. The summed E-state index contributed by atoms with van der Waals surface area (Å²) in [5.41, 5.74) is 0.469. The van der Waals surface area contributed by atoms with Crippen LogP contribution in [-0.2, 0) is 4.79 Å². The highest BCUT2D eigenvalue weighted by Crippen LogP contribution is 2.32. The van der Waals surface area contributed by atoms with Crippen LogP contribution in [0.25, 0.3) is 0 Å². The van der Waals surface area contributed by atoms with Gasteiger partial charge in [0.25, 0.3) is 5.91 Å². The van der Waals surface area contributed by atoms with Gasteiger partial charge in [-0.05, 0) is 75.4 Å². The van der Waals surface area contributed by atoms with Gasteiger partial charge < -0.3 is 29.9 Å². The molecule has 32 heavy (non-hydrogen) atoms. The summed E-state index contributed by atoms with van der Waals surface area (Å²) >= 11 is 5.45. The third-order valence-corrected chi connectivity index (χ3v) is 6.88. The highest BCUT2D eigenvalue weighted by molar-refractivity contribution is 7.80. The summed E-state index contributed by atoms with van der Waals surface area (Å²) in [5, 5.41) is 7.02. The molecule has 1 aromatic carbocycles. The van der Waals surface area contributed by atoms with Crippen molar-refractivity contribution >= 4 is 29.1 Å². The van der Waals surface area contributed by atoms with Crippen molar-refractivity contribution in [2.75, 3.05) is 39.5 Å². The highest BCUT2D eigenvalue weighted by Gasteiger charge is 2.36. The number of benzene rings is 1. The van der Waals surface area contributed by atoms with Gasteiger partial charge in [0, 0.05) is 38.3 Å². The maximum Gasteiger partial charge on any atom is 0.252 e. The molecule has 2 fully saturated rings. The van der Waals surface area contributed by atoms with E-state index in [1.165, 1.54) is 0 Å². The number of rotatable bonds is 5. The largest absolute Gasteiger partial charge is 0.454 e. The van der Waals surface area contributed by atoms with E-state index in [-0.39, 0.29) is 24.5 Å². The average Bonchev–Trinajstić information content (AvgIpc) is 3.31. The smallest absolute Gasteiger partial charge is 0.252 e. The molecule has 0 radical (unpaired) electrons. The molecule has 2 amide bonds. The van der Waals surface area contributed by atoms with Crippen molar-refractivity contribution in [3.05, 3.63) is 23.8 Å². The van der Waals surface area contributed by atoms with E-state index < -0.39 is 6.04 Å². The fraction of sp³-hybridized carbons (Fsp3) is 0.609. The van der Waals surface area contributed by atoms with Crippen molar-refractivity contribution in [2.24, 2.45) is 5.92 Å². The summed E-state index contributed by atoms with van der Waals surface area (Å²) in [7, 11) is 0. The predicted octanol–water partition coefficient (Wildman–Crippen LogP) is 2.13. The van der Waals surface area contributed by atoms with Crippen LogP contribution in [0.2, 0.25) is 0 Å². The number of hydrogen-bond acceptors (Lipinski definition) is 5. The summed E-state index contributed by atoms with van der Waals surface area (Å²) in [6.07, 6.45) is 4.79. The van der Waals surface area contributed by atoms with Gasteiger partial charge in [-0.2, -0.15) is 0 Å². The minimum absolute atomic E-state index is 0.0338. The predicted molar refractivity (Wildman–Crippen MR) is 125 cm³/mol. The lowest BCUT2D eigenvalue weighted by atomic mass is 9.88. The molecule has 0 aromatic heterocycles. The van der Waals surface area contributed by atoms with Crippen LogP contribution < -0.4 is 20.1 Å². The molecule has 1 aromatic rings. The normalized spacial score (nSPS) is 19.4. The number of nitrogens with one attached hydrogen (secondary N) is 2. The van der Waals surface area contributed by atoms with Gasteiger partial charge >= 0.3 is 0 Å². The Bertz CT molecular complexity index is 850. The third-order valence-electron chi connectivity index (χ3n) is 6.48. The van der Waals surface area contributed by atoms with Crippen LogP contribution >= 0.6 is 12.2 Å². The van der Waals surface area contributed by atoms with Gasteiger partial charge in [-0.3, -0.25) is 9.59 Å². The van der Waals surface area contributed by atoms with Crippen LogP contribution in [0.5, 0.6) is 11.5 Å². The zero-order valence-corrected chi connectivity index (χ0v) is 19.4. The molecule has 0 spiro atoms. The first-order valence-corrected chi connectivity index (χ1v) is 12.0. The SMILES string of the molecule is CCNC(=S)N1CCC(C(NC(=O)c2ccc3c(c2)OCO3)C(=O)N2CCCCC2)CC1. The third kappa shape index (κ3) is 5.09. The molecule has 8 nitrogen and oxygen atoms in total. The summed E-state index contributed by atoms with van der Waals surface area (Å²) in [6.45, 7) is 6.06. The molecule has 1 atom stereocenters. The van der Waals surface area contributed by atoms with Crippen LogP contribution in [-0.4, -0.2) is 72.3 Å². The van der Waals surface area contributed by atoms with Crippen molar-refractivity contribution < 1.29 is 19.1 Å². The maximum absolute atomic E-state index is 13.5. The van der Waals surface area contributed by atoms with E-state index in [9.17, 15) is 9.59 Å². The molecule has 1 unspecified atom stereocenters. The minimum atomic E-state index is -0.541. The Kier molecular flexibility index (Phi) is 7.34. The Morgan fingerprint density at radius 1 is 1.06 bits per heavy atom. The highest BCUT2D eigenvalue weighted by atomic mass is 32.1. The van der Waals surface area contributed by atoms with E-state index in [1.54, 1.807) is 18.2 Å². The molecule has 3 heterocycles. The number of ether oxygens (including phenoxy) is 2. The Morgan fingerprint density at radius 2 is 1.78 bits per heavy atom. The molecule has 0 bridgehead atoms. The van der Waals surface area contributed by atoms with Crippen molar-refractivity contribution in [2.45, 2.75) is 45.1 Å². The van der Waals surface area contributed by atoms with Crippen LogP contribution in [0.15, 0.2) is 18.2 Å². The number of likely N-dealkylation sites (tertiary alicyclic amines) is 2. The van der Waals surface area contributed by atoms with Crippen LogP contribution in [0.4, 0.5) is 0 Å². The van der Waals surface area contributed by atoms with E-state index in [0.29, 0.717) is 17.1 Å². The zero-order chi connectivity index (χ0) is 22.5. The van der Waals surface area contributed by atoms with Gasteiger partial charge in [0.2, 0.25) is 12.7 Å². The number of carbonyl (C=O) groups is 2. The fourth-order valence-corrected chi connectivity index (χ4v) is 4.98. The number of carbonyl (C=O) groups excluding carboxylic acids is 2. The molecule has 0 aliphatic carbocycles. The first-order chi connectivity index (χ1) is 15.6. The molecule has 3 aliphatic heterocycles. The lowest BCUT2D eigenvalue weighted by Gasteiger charge is -2.39. The van der Waals surface area contributed by atoms with Crippen LogP contribution in [0.3, 0.4) is 0 Å². The quantitative estimate of drug-likeness (QED) is 0.652. The maximum atomic E-state index is 13.5. The van der Waals surface area contributed by atoms with Gasteiger partial charge in [0.05, 0.1) is 0 Å². The van der Waals surface area contributed by atoms with Crippen molar-refractivity contribution in [3.63, 3.8) is 0 Å². The van der Waals surface area contributed by atoms with Crippen LogP contribution in [0.1, 0.15) is 49.4 Å². The molecule has 0 saturated carbocycles. The number of nitrogens with zero attached hydrogens (tertiary/aromatic N) is 2. The topological polar surface area (TPSA) is 83.1 Å². The second kappa shape index (κ2) is 10.4. The molecule has 9 heteroatoms. The number of hydrogen-bond donors (Lipinski definition) is 2. The molecule has 3 aliphatic rings. The van der Waals surface area contributed by atoms with E-state index in [4.69, 9.17) is 21.7 Å². The molecule has 4 rings (SSSR count). The van der Waals surface area contributed by atoms with Crippen molar-refractivity contribution in [1.29, 1.82) is 0 Å². The molecule has 174 valence electrons. The number of piperidine rings is 2. The Hall–Kier alpha value is -2.55. The lowest BCUT2D eigenvalue weighted by molar-refractivity contribution is -0.136. The van der Waals surface area contributed by atoms with E-state index in [0.717, 1.165) is 69.9 Å². The van der Waals surface area contributed by atoms with Gasteiger partial charge in [-0.15, -0.1) is 0 Å². The van der Waals surface area contributed by atoms with Gasteiger partial charge in [-0.25, -0.2) is 0 Å². The molecule has 2 saturated heterocycles. The van der Waals surface area contributed by atoms with Crippen LogP contribution in [0, 0.1) is 5.92 Å². The molecular formula is C23H32N4O4S. The molecular weight excluding hydrogens is 428 g/mol. The second-order valence-corrected chi connectivity index (χ2v) is 8.95. The van der Waals surface area contributed by atoms with Gasteiger partial charge in [0.15, 0.2) is 16.6 Å². The van der Waals surface area contributed by atoms with Crippen molar-refractivity contribution in [3.8, 4) is 11.5 Å². The fourth-order valence-electron chi connectivity index (χ4n) is 4.65. The monoisotopic (exact) mass is 460 g/mol. The number of thiocarbonyl (C=S) groups is 1. The first kappa shape index (κ1) is 22.6. The van der Waals surface area contributed by atoms with Gasteiger partial charge in [0.1, 0.15) is 6.04 Å². The minimum Gasteiger partial charge on any atom is -0.454 e. The summed E-state index contributed by atoms with van der Waals surface area (Å²) < 4.78 is 10.7. The Balaban J connectivity index is 1.47. The number of amides is 2. The van der Waals surface area contributed by atoms with E-state index in [1.807, 2.05) is 11.8 Å². The standard InChI is InChI=1S/C23H32N4O4S/c1-2-24-23(32)27-12-8-16(9-13-27)20(22(29)26-10-4-3-5-11-26)25-21(28)17-6-7-18-19(14-17)31-15-30-18/h6-7,14,16,20H,2-5,8-13,15H2,1H3,(H,24,32)(H,25,28).